The van der Waals surface area contributed by atoms with Crippen molar-refractivity contribution in [3.8, 4) is 0 Å². The third-order valence-corrected chi connectivity index (χ3v) is 3.90. The highest BCUT2D eigenvalue weighted by Crippen LogP contribution is 2.23. The summed E-state index contributed by atoms with van der Waals surface area (Å²) >= 11 is 0. The zero-order valence-electron chi connectivity index (χ0n) is 11.1. The van der Waals surface area contributed by atoms with Gasteiger partial charge in [0.2, 0.25) is 11.8 Å². The van der Waals surface area contributed by atoms with Crippen LogP contribution in [-0.2, 0) is 9.59 Å². The lowest BCUT2D eigenvalue weighted by atomic mass is 10.1. The van der Waals surface area contributed by atoms with E-state index in [1.54, 1.807) is 0 Å². The van der Waals surface area contributed by atoms with Crippen molar-refractivity contribution in [3.63, 3.8) is 0 Å². The van der Waals surface area contributed by atoms with Crippen LogP contribution in [0.1, 0.15) is 39.0 Å². The first-order valence-corrected chi connectivity index (χ1v) is 6.90. The van der Waals surface area contributed by atoms with Crippen molar-refractivity contribution in [2.45, 2.75) is 51.1 Å². The Morgan fingerprint density at radius 2 is 2.28 bits per heavy atom. The Bertz CT molecular complexity index is 330. The van der Waals surface area contributed by atoms with Crippen molar-refractivity contribution in [2.24, 2.45) is 5.73 Å². The molecule has 2 rings (SSSR count). The molecule has 0 bridgehead atoms. The number of nitrogens with zero attached hydrogens (tertiary/aromatic N) is 2. The molecule has 0 aromatic carbocycles. The summed E-state index contributed by atoms with van der Waals surface area (Å²) in [6.45, 7) is 4.10. The van der Waals surface area contributed by atoms with Gasteiger partial charge in [-0.3, -0.25) is 9.59 Å². The van der Waals surface area contributed by atoms with Gasteiger partial charge in [-0.1, -0.05) is 0 Å². The molecule has 2 aliphatic heterocycles. The molecule has 0 saturated carbocycles. The highest BCUT2D eigenvalue weighted by Gasteiger charge is 2.36. The third-order valence-electron chi connectivity index (χ3n) is 3.90. The average Bonchev–Trinajstić information content (AvgIpc) is 2.70. The van der Waals surface area contributed by atoms with Gasteiger partial charge in [0.05, 0.1) is 0 Å². The monoisotopic (exact) mass is 253 g/mol. The minimum Gasteiger partial charge on any atom is -0.339 e. The first-order valence-electron chi connectivity index (χ1n) is 6.90. The Morgan fingerprint density at radius 1 is 1.50 bits per heavy atom. The fraction of sp³-hybridized carbons (Fsp3) is 0.846. The molecule has 2 fully saturated rings. The van der Waals surface area contributed by atoms with Gasteiger partial charge in [0.1, 0.15) is 0 Å². The van der Waals surface area contributed by atoms with Gasteiger partial charge in [-0.15, -0.1) is 0 Å². The average molecular weight is 253 g/mol. The van der Waals surface area contributed by atoms with Gasteiger partial charge in [0.25, 0.3) is 0 Å². The number of hydrogen-bond donors (Lipinski definition) is 1. The van der Waals surface area contributed by atoms with E-state index in [0.29, 0.717) is 25.9 Å². The van der Waals surface area contributed by atoms with E-state index in [0.717, 1.165) is 25.8 Å². The lowest BCUT2D eigenvalue weighted by Crippen LogP contribution is -2.53. The molecule has 102 valence electrons. The van der Waals surface area contributed by atoms with Crippen LogP contribution in [-0.4, -0.2) is 53.3 Å². The highest BCUT2D eigenvalue weighted by atomic mass is 16.2. The Kier molecular flexibility index (Phi) is 4.22. The molecule has 2 N–H and O–H groups in total. The maximum Gasteiger partial charge on any atom is 0.223 e. The van der Waals surface area contributed by atoms with E-state index >= 15 is 0 Å². The third kappa shape index (κ3) is 3.02. The van der Waals surface area contributed by atoms with Crippen LogP contribution in [0.3, 0.4) is 0 Å². The number of carbonyl (C=O) groups is 2. The molecule has 2 heterocycles. The minimum absolute atomic E-state index is 0.169. The van der Waals surface area contributed by atoms with Crippen molar-refractivity contribution in [1.29, 1.82) is 0 Å². The smallest absolute Gasteiger partial charge is 0.223 e. The van der Waals surface area contributed by atoms with Crippen LogP contribution < -0.4 is 5.73 Å². The Hall–Kier alpha value is -1.10. The van der Waals surface area contributed by atoms with E-state index in [2.05, 4.69) is 0 Å². The fourth-order valence-electron chi connectivity index (χ4n) is 2.82. The summed E-state index contributed by atoms with van der Waals surface area (Å²) in [5.41, 5.74) is 5.67. The summed E-state index contributed by atoms with van der Waals surface area (Å²) in [6, 6.07) is 0.436. The number of hydrogen-bond acceptors (Lipinski definition) is 3. The molecule has 5 heteroatoms. The van der Waals surface area contributed by atoms with Gasteiger partial charge in [0, 0.05) is 44.6 Å². The zero-order chi connectivity index (χ0) is 13.1. The van der Waals surface area contributed by atoms with Crippen molar-refractivity contribution in [2.75, 3.05) is 19.6 Å². The Labute approximate surface area is 108 Å². The zero-order valence-corrected chi connectivity index (χ0v) is 11.1. The molecule has 0 aliphatic carbocycles. The molecule has 2 atom stereocenters. The van der Waals surface area contributed by atoms with Crippen LogP contribution in [0, 0.1) is 0 Å². The first-order chi connectivity index (χ1) is 8.58. The van der Waals surface area contributed by atoms with Crippen LogP contribution in [0.15, 0.2) is 0 Å². The van der Waals surface area contributed by atoms with Gasteiger partial charge in [-0.05, 0) is 26.2 Å². The van der Waals surface area contributed by atoms with Crippen molar-refractivity contribution < 1.29 is 9.59 Å². The van der Waals surface area contributed by atoms with Crippen LogP contribution in [0.2, 0.25) is 0 Å². The Morgan fingerprint density at radius 3 is 3.00 bits per heavy atom. The molecule has 2 unspecified atom stereocenters. The number of nitrogens with two attached hydrogens (primary N) is 1. The number of amides is 2. The molecular weight excluding hydrogens is 230 g/mol. The van der Waals surface area contributed by atoms with Crippen LogP contribution >= 0.6 is 0 Å². The van der Waals surface area contributed by atoms with E-state index < -0.39 is 0 Å². The van der Waals surface area contributed by atoms with Gasteiger partial charge >= 0.3 is 0 Å². The van der Waals surface area contributed by atoms with Crippen LogP contribution in [0.25, 0.3) is 0 Å². The maximum absolute atomic E-state index is 12.0. The van der Waals surface area contributed by atoms with E-state index in [9.17, 15) is 9.59 Å². The lowest BCUT2D eigenvalue weighted by molar-refractivity contribution is -0.139. The quantitative estimate of drug-likeness (QED) is 0.785. The summed E-state index contributed by atoms with van der Waals surface area (Å²) in [5.74, 6) is 0.471. The summed E-state index contributed by atoms with van der Waals surface area (Å²) < 4.78 is 0. The molecule has 0 radical (unpaired) electrons. The number of piperazine rings is 1. The largest absolute Gasteiger partial charge is 0.339 e. The SMILES string of the molecule is CC(N)CCCC(=O)N1CCN2C(=O)CCC2C1. The summed E-state index contributed by atoms with van der Waals surface area (Å²) in [5, 5.41) is 0. The molecule has 18 heavy (non-hydrogen) atoms. The minimum atomic E-state index is 0.169. The lowest BCUT2D eigenvalue weighted by Gasteiger charge is -2.37. The second-order valence-electron chi connectivity index (χ2n) is 5.49. The predicted octanol–water partition coefficient (Wildman–Crippen LogP) is 0.337. The summed E-state index contributed by atoms with van der Waals surface area (Å²) in [6.07, 6.45) is 3.90. The van der Waals surface area contributed by atoms with Gasteiger partial charge in [-0.25, -0.2) is 0 Å². The molecule has 2 amide bonds. The van der Waals surface area contributed by atoms with Crippen molar-refractivity contribution >= 4 is 11.8 Å². The molecule has 2 saturated heterocycles. The second-order valence-corrected chi connectivity index (χ2v) is 5.49. The second kappa shape index (κ2) is 5.69. The predicted molar refractivity (Wildman–Crippen MR) is 68.8 cm³/mol. The van der Waals surface area contributed by atoms with E-state index in [-0.39, 0.29) is 23.9 Å². The standard InChI is InChI=1S/C13H23N3O2/c1-10(14)3-2-4-12(17)15-7-8-16-11(9-15)5-6-13(16)18/h10-11H,2-9,14H2,1H3. The van der Waals surface area contributed by atoms with Crippen molar-refractivity contribution in [1.82, 2.24) is 9.80 Å². The highest BCUT2D eigenvalue weighted by molar-refractivity contribution is 5.80. The van der Waals surface area contributed by atoms with E-state index in [1.165, 1.54) is 0 Å². The molecular formula is C13H23N3O2. The maximum atomic E-state index is 12.0. The van der Waals surface area contributed by atoms with E-state index in [1.807, 2.05) is 16.7 Å². The molecule has 5 nitrogen and oxygen atoms in total. The van der Waals surface area contributed by atoms with Gasteiger partial charge < -0.3 is 15.5 Å². The molecule has 0 aromatic rings. The summed E-state index contributed by atoms with van der Waals surface area (Å²) in [4.78, 5) is 27.4. The van der Waals surface area contributed by atoms with Crippen molar-refractivity contribution in [3.05, 3.63) is 0 Å². The van der Waals surface area contributed by atoms with Gasteiger partial charge in [0.15, 0.2) is 0 Å². The normalized spacial score (nSPS) is 25.2. The number of fused-ring (bicyclic) bond motifs is 1. The summed E-state index contributed by atoms with van der Waals surface area (Å²) in [7, 11) is 0. The number of rotatable bonds is 4. The van der Waals surface area contributed by atoms with Crippen LogP contribution in [0.5, 0.6) is 0 Å². The van der Waals surface area contributed by atoms with E-state index in [4.69, 9.17) is 5.73 Å². The first kappa shape index (κ1) is 13.3. The fourth-order valence-corrected chi connectivity index (χ4v) is 2.82. The molecule has 0 aromatic heterocycles. The molecule has 2 aliphatic rings. The topological polar surface area (TPSA) is 66.6 Å². The van der Waals surface area contributed by atoms with Crippen LogP contribution in [0.4, 0.5) is 0 Å². The Balaban J connectivity index is 1.77. The number of carbonyl (C=O) groups excluding carboxylic acids is 2. The molecule has 0 spiro atoms. The van der Waals surface area contributed by atoms with Gasteiger partial charge in [-0.2, -0.15) is 0 Å².